The Morgan fingerprint density at radius 1 is 0.960 bits per heavy atom. The molecule has 1 rings (SSSR count). The van der Waals surface area contributed by atoms with Gasteiger partial charge in [-0.2, -0.15) is 0 Å². The second kappa shape index (κ2) is 16.1. The molecule has 1 N–H and O–H groups in total. The fraction of sp³-hybridized carbons (Fsp3) is 0.682. The van der Waals surface area contributed by atoms with Gasteiger partial charge in [0.1, 0.15) is 0 Å². The molecule has 3 heteroatoms. The van der Waals surface area contributed by atoms with Crippen molar-refractivity contribution < 1.29 is 4.79 Å². The zero-order valence-corrected chi connectivity index (χ0v) is 16.0. The third kappa shape index (κ3) is 12.6. The van der Waals surface area contributed by atoms with E-state index in [4.69, 9.17) is 0 Å². The molecule has 0 bridgehead atoms. The molecule has 0 saturated carbocycles. The summed E-state index contributed by atoms with van der Waals surface area (Å²) in [7, 11) is 0. The molecule has 3 nitrogen and oxygen atoms in total. The van der Waals surface area contributed by atoms with Gasteiger partial charge in [0.05, 0.1) is 6.54 Å². The van der Waals surface area contributed by atoms with E-state index >= 15 is 0 Å². The summed E-state index contributed by atoms with van der Waals surface area (Å²) in [5, 5.41) is 3.56. The number of nitrogens with zero attached hydrogens (tertiary/aromatic N) is 1. The van der Waals surface area contributed by atoms with Crippen LogP contribution >= 0.6 is 0 Å². The van der Waals surface area contributed by atoms with Crippen molar-refractivity contribution in [2.45, 2.75) is 83.6 Å². The molecule has 0 aromatic heterocycles. The number of rotatable bonds is 16. The standard InChI is InChI=1S/C22H36N2O/c1-2-3-4-5-6-7-8-9-13-16-22(24-18-17-23-20-25)19-21-14-11-10-12-15-21/h10-12,14-15,22,24H,2-9,13,16-19H2,1H3. The van der Waals surface area contributed by atoms with Gasteiger partial charge in [-0.1, -0.05) is 95.0 Å². The molecule has 0 aliphatic heterocycles. The predicted molar refractivity (Wildman–Crippen MR) is 107 cm³/mol. The van der Waals surface area contributed by atoms with Crippen LogP contribution in [-0.2, 0) is 11.2 Å². The molecule has 0 amide bonds. The monoisotopic (exact) mass is 344 g/mol. The van der Waals surface area contributed by atoms with Gasteiger partial charge in [0.2, 0.25) is 6.08 Å². The van der Waals surface area contributed by atoms with E-state index in [1.807, 2.05) is 0 Å². The number of carbonyl (C=O) groups excluding carboxylic acids is 1. The maximum atomic E-state index is 10.2. The van der Waals surface area contributed by atoms with Crippen molar-refractivity contribution in [2.24, 2.45) is 4.99 Å². The van der Waals surface area contributed by atoms with Gasteiger partial charge in [-0.05, 0) is 18.4 Å². The molecule has 25 heavy (non-hydrogen) atoms. The lowest BCUT2D eigenvalue weighted by molar-refractivity contribution is 0.453. The molecular formula is C22H36N2O. The Morgan fingerprint density at radius 3 is 2.24 bits per heavy atom. The zero-order valence-electron chi connectivity index (χ0n) is 16.0. The van der Waals surface area contributed by atoms with Crippen LogP contribution < -0.4 is 5.32 Å². The van der Waals surface area contributed by atoms with Crippen LogP contribution in [0, 0.1) is 0 Å². The first-order valence-electron chi connectivity index (χ1n) is 10.2. The molecule has 1 aromatic carbocycles. The number of unbranched alkanes of at least 4 members (excludes halogenated alkanes) is 8. The minimum atomic E-state index is 0.466. The van der Waals surface area contributed by atoms with Crippen molar-refractivity contribution in [1.29, 1.82) is 0 Å². The average molecular weight is 345 g/mol. The fourth-order valence-corrected chi connectivity index (χ4v) is 3.25. The largest absolute Gasteiger partial charge is 0.312 e. The number of hydrogen-bond donors (Lipinski definition) is 1. The van der Waals surface area contributed by atoms with E-state index in [2.05, 4.69) is 47.6 Å². The van der Waals surface area contributed by atoms with Gasteiger partial charge < -0.3 is 5.32 Å². The van der Waals surface area contributed by atoms with E-state index < -0.39 is 0 Å². The first kappa shape index (κ1) is 21.6. The Bertz CT molecular complexity index is 454. The minimum Gasteiger partial charge on any atom is -0.312 e. The smallest absolute Gasteiger partial charge is 0.234 e. The van der Waals surface area contributed by atoms with Gasteiger partial charge in [0, 0.05) is 12.6 Å². The molecule has 0 radical (unpaired) electrons. The first-order valence-corrected chi connectivity index (χ1v) is 10.2. The third-order valence-corrected chi connectivity index (χ3v) is 4.70. The number of isocyanates is 1. The molecule has 0 aliphatic carbocycles. The maximum Gasteiger partial charge on any atom is 0.234 e. The van der Waals surface area contributed by atoms with Gasteiger partial charge in [-0.15, -0.1) is 0 Å². The highest BCUT2D eigenvalue weighted by Crippen LogP contribution is 2.13. The van der Waals surface area contributed by atoms with Crippen LogP contribution in [0.25, 0.3) is 0 Å². The zero-order chi connectivity index (χ0) is 18.0. The molecule has 1 unspecified atom stereocenters. The van der Waals surface area contributed by atoms with Crippen molar-refractivity contribution in [2.75, 3.05) is 13.1 Å². The summed E-state index contributed by atoms with van der Waals surface area (Å²) >= 11 is 0. The SMILES string of the molecule is CCCCCCCCCCCC(Cc1ccccc1)NCCN=C=O. The Labute approximate surface area is 154 Å². The van der Waals surface area contributed by atoms with Gasteiger partial charge >= 0.3 is 0 Å². The quantitative estimate of drug-likeness (QED) is 0.246. The number of nitrogens with one attached hydrogen (secondary N) is 1. The van der Waals surface area contributed by atoms with E-state index in [-0.39, 0.29) is 0 Å². The summed E-state index contributed by atoms with van der Waals surface area (Å²) in [6.45, 7) is 3.54. The van der Waals surface area contributed by atoms with Crippen LogP contribution in [0.15, 0.2) is 35.3 Å². The molecule has 0 fully saturated rings. The normalized spacial score (nSPS) is 11.9. The molecule has 0 spiro atoms. The summed E-state index contributed by atoms with van der Waals surface area (Å²) in [4.78, 5) is 13.8. The lowest BCUT2D eigenvalue weighted by Gasteiger charge is -2.18. The topological polar surface area (TPSA) is 41.5 Å². The Kier molecular flexibility index (Phi) is 13.9. The van der Waals surface area contributed by atoms with E-state index in [1.165, 1.54) is 69.8 Å². The lowest BCUT2D eigenvalue weighted by Crippen LogP contribution is -2.33. The molecule has 140 valence electrons. The highest BCUT2D eigenvalue weighted by atomic mass is 16.1. The highest BCUT2D eigenvalue weighted by Gasteiger charge is 2.08. The van der Waals surface area contributed by atoms with E-state index in [0.717, 1.165) is 13.0 Å². The molecule has 0 saturated heterocycles. The minimum absolute atomic E-state index is 0.466. The van der Waals surface area contributed by atoms with Gasteiger partial charge in [0.15, 0.2) is 0 Å². The number of benzene rings is 1. The van der Waals surface area contributed by atoms with Crippen molar-refractivity contribution in [1.82, 2.24) is 5.32 Å². The van der Waals surface area contributed by atoms with E-state index in [1.54, 1.807) is 6.08 Å². The molecule has 0 heterocycles. The highest BCUT2D eigenvalue weighted by molar-refractivity contribution is 5.32. The Hall–Kier alpha value is -1.44. The summed E-state index contributed by atoms with van der Waals surface area (Å²) < 4.78 is 0. The summed E-state index contributed by atoms with van der Waals surface area (Å²) in [5.74, 6) is 0. The van der Waals surface area contributed by atoms with Crippen LogP contribution in [-0.4, -0.2) is 25.2 Å². The van der Waals surface area contributed by atoms with Crippen molar-refractivity contribution in [3.05, 3.63) is 35.9 Å². The maximum absolute atomic E-state index is 10.2. The van der Waals surface area contributed by atoms with Crippen molar-refractivity contribution >= 4 is 6.08 Å². The molecular weight excluding hydrogens is 308 g/mol. The number of aliphatic imine (C=N–C) groups is 1. The molecule has 1 atom stereocenters. The Balaban J connectivity index is 2.19. The summed E-state index contributed by atoms with van der Waals surface area (Å²) in [6.07, 6.45) is 16.1. The van der Waals surface area contributed by atoms with Crippen LogP contribution in [0.2, 0.25) is 0 Å². The van der Waals surface area contributed by atoms with Gasteiger partial charge in [0.25, 0.3) is 0 Å². The van der Waals surface area contributed by atoms with E-state index in [0.29, 0.717) is 12.6 Å². The van der Waals surface area contributed by atoms with Crippen LogP contribution in [0.4, 0.5) is 0 Å². The van der Waals surface area contributed by atoms with Gasteiger partial charge in [-0.25, -0.2) is 9.79 Å². The van der Waals surface area contributed by atoms with Gasteiger partial charge in [-0.3, -0.25) is 0 Å². The second-order valence-electron chi connectivity index (χ2n) is 6.93. The summed E-state index contributed by atoms with van der Waals surface area (Å²) in [6, 6.07) is 11.1. The fourth-order valence-electron chi connectivity index (χ4n) is 3.25. The Morgan fingerprint density at radius 2 is 1.60 bits per heavy atom. The van der Waals surface area contributed by atoms with Crippen molar-refractivity contribution in [3.63, 3.8) is 0 Å². The second-order valence-corrected chi connectivity index (χ2v) is 6.93. The predicted octanol–water partition coefficient (Wildman–Crippen LogP) is 5.44. The van der Waals surface area contributed by atoms with Crippen LogP contribution in [0.5, 0.6) is 0 Å². The van der Waals surface area contributed by atoms with Crippen molar-refractivity contribution in [3.8, 4) is 0 Å². The average Bonchev–Trinajstić information content (AvgIpc) is 2.64. The van der Waals surface area contributed by atoms with E-state index in [9.17, 15) is 4.79 Å². The first-order chi connectivity index (χ1) is 12.4. The van der Waals surface area contributed by atoms with Crippen LogP contribution in [0.3, 0.4) is 0 Å². The number of hydrogen-bond acceptors (Lipinski definition) is 3. The lowest BCUT2D eigenvalue weighted by atomic mass is 9.99. The van der Waals surface area contributed by atoms with Crippen LogP contribution in [0.1, 0.15) is 76.7 Å². The molecule has 0 aliphatic rings. The summed E-state index contributed by atoms with van der Waals surface area (Å²) in [5.41, 5.74) is 1.37. The third-order valence-electron chi connectivity index (χ3n) is 4.70. The molecule has 1 aromatic rings.